The zero-order valence-corrected chi connectivity index (χ0v) is 7.74. The Balaban J connectivity index is 0.000000251. The van der Waals surface area contributed by atoms with E-state index < -0.39 is 0 Å². The molecule has 3 nitrogen and oxygen atoms in total. The fourth-order valence-corrected chi connectivity index (χ4v) is 1.34. The van der Waals surface area contributed by atoms with Crippen molar-refractivity contribution in [3.05, 3.63) is 29.0 Å². The second-order valence-electron chi connectivity index (χ2n) is 2.78. The zero-order chi connectivity index (χ0) is 9.68. The van der Waals surface area contributed by atoms with Crippen molar-refractivity contribution in [3.63, 3.8) is 0 Å². The van der Waals surface area contributed by atoms with E-state index in [2.05, 4.69) is 4.98 Å². The van der Waals surface area contributed by atoms with Crippen LogP contribution in [0.1, 0.15) is 24.3 Å². The summed E-state index contributed by atoms with van der Waals surface area (Å²) in [7, 11) is 0. The summed E-state index contributed by atoms with van der Waals surface area (Å²) >= 11 is 5.92. The van der Waals surface area contributed by atoms with Crippen LogP contribution in [0.25, 0.3) is 0 Å². The molecule has 13 heavy (non-hydrogen) atoms. The highest BCUT2D eigenvalue weighted by atomic mass is 35.5. The van der Waals surface area contributed by atoms with Crippen LogP contribution in [0, 0.1) is 0 Å². The first-order chi connectivity index (χ1) is 6.29. The lowest BCUT2D eigenvalue weighted by Crippen LogP contribution is -1.81. The fraction of sp³-hybridized carbons (Fsp3) is 0.333. The van der Waals surface area contributed by atoms with E-state index in [1.54, 1.807) is 6.20 Å². The van der Waals surface area contributed by atoms with E-state index in [4.69, 9.17) is 21.5 Å². The van der Waals surface area contributed by atoms with Crippen molar-refractivity contribution in [3.8, 4) is 0 Å². The lowest BCUT2D eigenvalue weighted by molar-refractivity contribution is -0.122. The molecule has 2 rings (SSSR count). The summed E-state index contributed by atoms with van der Waals surface area (Å²) in [4.78, 5) is 12.4. The van der Waals surface area contributed by atoms with Crippen molar-refractivity contribution in [1.82, 2.24) is 4.98 Å². The van der Waals surface area contributed by atoms with Gasteiger partial charge in [-0.2, -0.15) is 0 Å². The Kier molecular flexibility index (Phi) is 3.71. The Bertz CT molecular complexity index is 287. The van der Waals surface area contributed by atoms with Crippen molar-refractivity contribution in [2.45, 2.75) is 18.8 Å². The van der Waals surface area contributed by atoms with E-state index in [-0.39, 0.29) is 6.47 Å². The molecule has 0 atom stereocenters. The van der Waals surface area contributed by atoms with Gasteiger partial charge in [0.25, 0.3) is 6.47 Å². The maximum absolute atomic E-state index is 8.36. The molecule has 0 bridgehead atoms. The first-order valence-corrected chi connectivity index (χ1v) is 4.34. The number of pyridine rings is 1. The average Bonchev–Trinajstić information content (AvgIpc) is 2.89. The molecule has 0 radical (unpaired) electrons. The molecule has 1 aromatic rings. The topological polar surface area (TPSA) is 50.2 Å². The third kappa shape index (κ3) is 3.03. The summed E-state index contributed by atoms with van der Waals surface area (Å²) in [5.74, 6) is 0.709. The van der Waals surface area contributed by atoms with Gasteiger partial charge in [0.1, 0.15) is 0 Å². The Hall–Kier alpha value is -1.09. The SMILES string of the molecule is Clc1ccncc1C1CC1.O=CO. The predicted molar refractivity (Wildman–Crippen MR) is 49.9 cm³/mol. The minimum absolute atomic E-state index is 0.250. The smallest absolute Gasteiger partial charge is 0.290 e. The maximum Gasteiger partial charge on any atom is 0.290 e. The number of hydrogen-bond acceptors (Lipinski definition) is 2. The summed E-state index contributed by atoms with van der Waals surface area (Å²) in [5, 5.41) is 7.76. The predicted octanol–water partition coefficient (Wildman–Crippen LogP) is 2.31. The van der Waals surface area contributed by atoms with Gasteiger partial charge in [-0.1, -0.05) is 11.6 Å². The van der Waals surface area contributed by atoms with Crippen LogP contribution in [-0.4, -0.2) is 16.6 Å². The summed E-state index contributed by atoms with van der Waals surface area (Å²) in [5.41, 5.74) is 1.23. The molecule has 0 spiro atoms. The number of carboxylic acid groups (broad SMARTS) is 1. The van der Waals surface area contributed by atoms with Crippen LogP contribution in [0.3, 0.4) is 0 Å². The Morgan fingerprint density at radius 2 is 2.23 bits per heavy atom. The summed E-state index contributed by atoms with van der Waals surface area (Å²) in [6, 6.07) is 1.86. The van der Waals surface area contributed by atoms with Gasteiger partial charge in [0.2, 0.25) is 0 Å². The van der Waals surface area contributed by atoms with E-state index in [1.165, 1.54) is 18.4 Å². The molecule has 0 amide bonds. The fourth-order valence-electron chi connectivity index (χ4n) is 1.08. The largest absolute Gasteiger partial charge is 0.483 e. The summed E-state index contributed by atoms with van der Waals surface area (Å²) < 4.78 is 0. The lowest BCUT2D eigenvalue weighted by Gasteiger charge is -1.97. The van der Waals surface area contributed by atoms with Gasteiger partial charge in [0, 0.05) is 17.4 Å². The highest BCUT2D eigenvalue weighted by Gasteiger charge is 2.25. The molecule has 1 aliphatic carbocycles. The Labute approximate surface area is 81.4 Å². The van der Waals surface area contributed by atoms with Crippen LogP contribution >= 0.6 is 11.6 Å². The van der Waals surface area contributed by atoms with Crippen LogP contribution < -0.4 is 0 Å². The highest BCUT2D eigenvalue weighted by molar-refractivity contribution is 6.31. The molecule has 70 valence electrons. The molecule has 0 aromatic carbocycles. The molecule has 1 aromatic heterocycles. The van der Waals surface area contributed by atoms with Crippen molar-refractivity contribution in [2.24, 2.45) is 0 Å². The van der Waals surface area contributed by atoms with E-state index in [0.717, 1.165) is 5.02 Å². The maximum atomic E-state index is 8.36. The first-order valence-electron chi connectivity index (χ1n) is 3.97. The van der Waals surface area contributed by atoms with Crippen molar-refractivity contribution in [2.75, 3.05) is 0 Å². The number of halogens is 1. The van der Waals surface area contributed by atoms with Crippen LogP contribution in [0.15, 0.2) is 18.5 Å². The normalized spacial score (nSPS) is 14.2. The number of aromatic nitrogens is 1. The molecule has 1 aliphatic rings. The zero-order valence-electron chi connectivity index (χ0n) is 6.98. The number of nitrogens with zero attached hydrogens (tertiary/aromatic N) is 1. The van der Waals surface area contributed by atoms with Gasteiger partial charge in [-0.05, 0) is 30.4 Å². The van der Waals surface area contributed by atoms with E-state index in [0.29, 0.717) is 5.92 Å². The monoisotopic (exact) mass is 199 g/mol. The Morgan fingerprint density at radius 3 is 2.69 bits per heavy atom. The third-order valence-electron chi connectivity index (χ3n) is 1.81. The molecule has 0 saturated heterocycles. The quantitative estimate of drug-likeness (QED) is 0.707. The van der Waals surface area contributed by atoms with E-state index in [1.807, 2.05) is 12.3 Å². The molecule has 4 heteroatoms. The molecule has 1 fully saturated rings. The van der Waals surface area contributed by atoms with Crippen molar-refractivity contribution in [1.29, 1.82) is 0 Å². The van der Waals surface area contributed by atoms with E-state index in [9.17, 15) is 0 Å². The van der Waals surface area contributed by atoms with Crippen LogP contribution in [0.2, 0.25) is 5.02 Å². The summed E-state index contributed by atoms with van der Waals surface area (Å²) in [6.07, 6.45) is 6.17. The molecular formula is C9H10ClNO2. The molecule has 1 N–H and O–H groups in total. The van der Waals surface area contributed by atoms with Gasteiger partial charge in [0.05, 0.1) is 0 Å². The molecule has 1 heterocycles. The van der Waals surface area contributed by atoms with Gasteiger partial charge >= 0.3 is 0 Å². The van der Waals surface area contributed by atoms with Gasteiger partial charge < -0.3 is 5.11 Å². The molecule has 0 aliphatic heterocycles. The highest BCUT2D eigenvalue weighted by Crippen LogP contribution is 2.42. The van der Waals surface area contributed by atoms with Gasteiger partial charge in [0.15, 0.2) is 0 Å². The van der Waals surface area contributed by atoms with Crippen LogP contribution in [0.4, 0.5) is 0 Å². The van der Waals surface area contributed by atoms with Gasteiger partial charge in [-0.15, -0.1) is 0 Å². The second kappa shape index (κ2) is 4.82. The summed E-state index contributed by atoms with van der Waals surface area (Å²) in [6.45, 7) is -0.250. The first kappa shape index (κ1) is 9.99. The number of hydrogen-bond donors (Lipinski definition) is 1. The van der Waals surface area contributed by atoms with Crippen molar-refractivity contribution < 1.29 is 9.90 Å². The number of carbonyl (C=O) groups is 1. The van der Waals surface area contributed by atoms with E-state index >= 15 is 0 Å². The molecule has 0 unspecified atom stereocenters. The lowest BCUT2D eigenvalue weighted by atomic mass is 10.2. The number of rotatable bonds is 1. The molecular weight excluding hydrogens is 190 g/mol. The Morgan fingerprint density at radius 1 is 1.62 bits per heavy atom. The minimum Gasteiger partial charge on any atom is -0.483 e. The second-order valence-corrected chi connectivity index (χ2v) is 3.18. The standard InChI is InChI=1S/C8H8ClN.CH2O2/c9-8-3-4-10-5-7(8)6-1-2-6;2-1-3/h3-6H,1-2H2;1H,(H,2,3). The van der Waals surface area contributed by atoms with Gasteiger partial charge in [-0.25, -0.2) is 0 Å². The minimum atomic E-state index is -0.250. The van der Waals surface area contributed by atoms with Crippen molar-refractivity contribution >= 4 is 18.1 Å². The molecule has 1 saturated carbocycles. The van der Waals surface area contributed by atoms with Crippen LogP contribution in [0.5, 0.6) is 0 Å². The third-order valence-corrected chi connectivity index (χ3v) is 2.16. The van der Waals surface area contributed by atoms with Crippen LogP contribution in [-0.2, 0) is 4.79 Å². The average molecular weight is 200 g/mol. The van der Waals surface area contributed by atoms with Gasteiger partial charge in [-0.3, -0.25) is 9.78 Å².